The highest BCUT2D eigenvalue weighted by molar-refractivity contribution is 6.07. The van der Waals surface area contributed by atoms with Crippen LogP contribution in [-0.4, -0.2) is 53.8 Å². The molecular formula is C18H24N2O5. The first-order valence-electron chi connectivity index (χ1n) is 8.63. The summed E-state index contributed by atoms with van der Waals surface area (Å²) in [5, 5.41) is 13.0. The van der Waals surface area contributed by atoms with Crippen LogP contribution in [0.2, 0.25) is 0 Å². The molecule has 7 nitrogen and oxygen atoms in total. The SMILES string of the molecule is COc1ccc(OC[C@H](O)CN2C(=O)NC3(CCCCC3)C2=O)cc1. The molecule has 1 aliphatic carbocycles. The van der Waals surface area contributed by atoms with E-state index >= 15 is 0 Å². The van der Waals surface area contributed by atoms with Crippen LogP contribution in [0.15, 0.2) is 24.3 Å². The molecule has 0 unspecified atom stereocenters. The molecule has 1 aromatic carbocycles. The molecule has 1 aliphatic heterocycles. The van der Waals surface area contributed by atoms with E-state index in [4.69, 9.17) is 9.47 Å². The maximum absolute atomic E-state index is 12.6. The summed E-state index contributed by atoms with van der Waals surface area (Å²) in [6, 6.07) is 6.56. The van der Waals surface area contributed by atoms with E-state index in [0.29, 0.717) is 24.3 Å². The van der Waals surface area contributed by atoms with Crippen molar-refractivity contribution in [3.05, 3.63) is 24.3 Å². The molecule has 3 rings (SSSR count). The predicted octanol–water partition coefficient (Wildman–Crippen LogP) is 1.69. The van der Waals surface area contributed by atoms with Gasteiger partial charge < -0.3 is 19.9 Å². The Balaban J connectivity index is 1.54. The van der Waals surface area contributed by atoms with Gasteiger partial charge in [-0.15, -0.1) is 0 Å². The first-order chi connectivity index (χ1) is 12.0. The monoisotopic (exact) mass is 348 g/mol. The van der Waals surface area contributed by atoms with Gasteiger partial charge in [-0.25, -0.2) is 4.79 Å². The highest BCUT2D eigenvalue weighted by Crippen LogP contribution is 2.33. The summed E-state index contributed by atoms with van der Waals surface area (Å²) in [5.74, 6) is 1.08. The molecule has 0 aromatic heterocycles. The second-order valence-electron chi connectivity index (χ2n) is 6.63. The van der Waals surface area contributed by atoms with E-state index < -0.39 is 17.7 Å². The summed E-state index contributed by atoms with van der Waals surface area (Å²) in [6.07, 6.45) is 3.35. The Labute approximate surface area is 146 Å². The third-order valence-corrected chi connectivity index (χ3v) is 4.85. The number of aliphatic hydroxyl groups is 1. The molecule has 136 valence electrons. The topological polar surface area (TPSA) is 88.1 Å². The molecule has 1 saturated carbocycles. The number of nitrogens with zero attached hydrogens (tertiary/aromatic N) is 1. The number of urea groups is 1. The van der Waals surface area contributed by atoms with E-state index in [1.54, 1.807) is 31.4 Å². The van der Waals surface area contributed by atoms with Crippen molar-refractivity contribution in [3.63, 3.8) is 0 Å². The number of aliphatic hydroxyl groups excluding tert-OH is 1. The van der Waals surface area contributed by atoms with Gasteiger partial charge in [0.15, 0.2) is 0 Å². The van der Waals surface area contributed by atoms with Gasteiger partial charge in [-0.05, 0) is 37.1 Å². The van der Waals surface area contributed by atoms with Crippen molar-refractivity contribution in [2.24, 2.45) is 0 Å². The van der Waals surface area contributed by atoms with Crippen LogP contribution < -0.4 is 14.8 Å². The first-order valence-corrected chi connectivity index (χ1v) is 8.63. The number of carbonyl (C=O) groups excluding carboxylic acids is 2. The number of imide groups is 1. The lowest BCUT2D eigenvalue weighted by Crippen LogP contribution is -2.48. The molecule has 2 aliphatic rings. The van der Waals surface area contributed by atoms with Crippen molar-refractivity contribution >= 4 is 11.9 Å². The fraction of sp³-hybridized carbons (Fsp3) is 0.556. The van der Waals surface area contributed by atoms with Crippen LogP contribution in [0.25, 0.3) is 0 Å². The minimum atomic E-state index is -0.949. The molecule has 25 heavy (non-hydrogen) atoms. The maximum Gasteiger partial charge on any atom is 0.325 e. The van der Waals surface area contributed by atoms with Gasteiger partial charge in [0.05, 0.1) is 13.7 Å². The van der Waals surface area contributed by atoms with Crippen LogP contribution in [0.3, 0.4) is 0 Å². The number of ether oxygens (including phenoxy) is 2. The van der Waals surface area contributed by atoms with Gasteiger partial charge in [0.25, 0.3) is 5.91 Å². The van der Waals surface area contributed by atoms with Crippen LogP contribution in [0.5, 0.6) is 11.5 Å². The molecule has 1 heterocycles. The van der Waals surface area contributed by atoms with Crippen molar-refractivity contribution in [2.75, 3.05) is 20.3 Å². The van der Waals surface area contributed by atoms with Crippen molar-refractivity contribution in [2.45, 2.75) is 43.7 Å². The van der Waals surface area contributed by atoms with E-state index in [-0.39, 0.29) is 19.1 Å². The van der Waals surface area contributed by atoms with Crippen molar-refractivity contribution in [1.82, 2.24) is 10.2 Å². The van der Waals surface area contributed by atoms with Gasteiger partial charge in [-0.1, -0.05) is 19.3 Å². The predicted molar refractivity (Wildman–Crippen MR) is 90.6 cm³/mol. The number of amides is 3. The van der Waals surface area contributed by atoms with E-state index in [9.17, 15) is 14.7 Å². The molecule has 3 amide bonds. The Hall–Kier alpha value is -2.28. The normalized spacial score (nSPS) is 20.5. The van der Waals surface area contributed by atoms with Crippen molar-refractivity contribution < 1.29 is 24.2 Å². The molecule has 1 aromatic rings. The Morgan fingerprint density at radius 1 is 1.16 bits per heavy atom. The molecule has 0 radical (unpaired) electrons. The number of rotatable bonds is 6. The summed E-state index contributed by atoms with van der Waals surface area (Å²) >= 11 is 0. The quantitative estimate of drug-likeness (QED) is 0.764. The Kier molecular flexibility index (Phi) is 5.13. The van der Waals surface area contributed by atoms with Gasteiger partial charge >= 0.3 is 6.03 Å². The second kappa shape index (κ2) is 7.31. The van der Waals surface area contributed by atoms with Gasteiger partial charge in [-0.2, -0.15) is 0 Å². The molecule has 7 heteroatoms. The van der Waals surface area contributed by atoms with Gasteiger partial charge in [0.2, 0.25) is 0 Å². The minimum absolute atomic E-state index is 0.00358. The number of hydrogen-bond acceptors (Lipinski definition) is 5. The summed E-state index contributed by atoms with van der Waals surface area (Å²) in [6.45, 7) is -0.0705. The standard InChI is InChI=1S/C18H24N2O5/c1-24-14-5-7-15(8-6-14)25-12-13(21)11-20-16(22)18(19-17(20)23)9-3-2-4-10-18/h5-8,13,21H,2-4,9-12H2,1H3,(H,19,23)/t13-/m1/s1. The Bertz CT molecular complexity index is 625. The van der Waals surface area contributed by atoms with Crippen LogP contribution in [0.1, 0.15) is 32.1 Å². The van der Waals surface area contributed by atoms with Crippen molar-refractivity contribution in [3.8, 4) is 11.5 Å². The lowest BCUT2D eigenvalue weighted by atomic mass is 9.82. The average molecular weight is 348 g/mol. The van der Waals surface area contributed by atoms with E-state index in [2.05, 4.69) is 5.32 Å². The third kappa shape index (κ3) is 3.71. The van der Waals surface area contributed by atoms with Crippen molar-refractivity contribution in [1.29, 1.82) is 0 Å². The lowest BCUT2D eigenvalue weighted by molar-refractivity contribution is -0.133. The Morgan fingerprint density at radius 2 is 1.80 bits per heavy atom. The zero-order valence-electron chi connectivity index (χ0n) is 14.4. The highest BCUT2D eigenvalue weighted by atomic mass is 16.5. The fourth-order valence-corrected chi connectivity index (χ4v) is 3.46. The smallest absolute Gasteiger partial charge is 0.325 e. The molecule has 1 atom stereocenters. The third-order valence-electron chi connectivity index (χ3n) is 4.85. The number of methoxy groups -OCH3 is 1. The molecule has 1 spiro atoms. The van der Waals surface area contributed by atoms with Gasteiger partial charge in [-0.3, -0.25) is 9.69 Å². The van der Waals surface area contributed by atoms with E-state index in [1.165, 1.54) is 0 Å². The number of carbonyl (C=O) groups is 2. The number of hydrogen-bond donors (Lipinski definition) is 2. The first kappa shape index (κ1) is 17.5. The molecule has 2 N–H and O–H groups in total. The van der Waals surface area contributed by atoms with E-state index in [0.717, 1.165) is 24.2 Å². The van der Waals surface area contributed by atoms with Crippen LogP contribution >= 0.6 is 0 Å². The molecule has 0 bridgehead atoms. The average Bonchev–Trinajstić information content (AvgIpc) is 2.85. The Morgan fingerprint density at radius 3 is 2.44 bits per heavy atom. The molecule has 2 fully saturated rings. The summed E-state index contributed by atoms with van der Waals surface area (Å²) < 4.78 is 10.6. The zero-order chi connectivity index (χ0) is 17.9. The summed E-state index contributed by atoms with van der Waals surface area (Å²) in [5.41, 5.74) is -0.758. The van der Waals surface area contributed by atoms with Gasteiger partial charge in [0.1, 0.15) is 29.7 Å². The zero-order valence-corrected chi connectivity index (χ0v) is 14.4. The van der Waals surface area contributed by atoms with Crippen LogP contribution in [0, 0.1) is 0 Å². The lowest BCUT2D eigenvalue weighted by Gasteiger charge is -2.30. The molecule has 1 saturated heterocycles. The minimum Gasteiger partial charge on any atom is -0.497 e. The summed E-state index contributed by atoms with van der Waals surface area (Å²) in [7, 11) is 1.58. The largest absolute Gasteiger partial charge is 0.497 e. The fourth-order valence-electron chi connectivity index (χ4n) is 3.46. The highest BCUT2D eigenvalue weighted by Gasteiger charge is 2.51. The number of benzene rings is 1. The van der Waals surface area contributed by atoms with Gasteiger partial charge in [0, 0.05) is 0 Å². The number of nitrogens with one attached hydrogen (secondary N) is 1. The molecular weight excluding hydrogens is 324 g/mol. The summed E-state index contributed by atoms with van der Waals surface area (Å²) in [4.78, 5) is 25.9. The maximum atomic E-state index is 12.6. The van der Waals surface area contributed by atoms with Crippen LogP contribution in [-0.2, 0) is 4.79 Å². The van der Waals surface area contributed by atoms with Crippen LogP contribution in [0.4, 0.5) is 4.79 Å². The second-order valence-corrected chi connectivity index (χ2v) is 6.63. The van der Waals surface area contributed by atoms with E-state index in [1.807, 2.05) is 0 Å². The number of β-amino-alcohol motifs (C(OH)–C–C–N with tert-alkyl or cyclic N) is 1.